The number of rotatable bonds is 0. The zero-order chi connectivity index (χ0) is 9.35. The van der Waals surface area contributed by atoms with Gasteiger partial charge in [-0.05, 0) is 0 Å². The number of alkyl halides is 3. The van der Waals surface area contributed by atoms with Crippen molar-refractivity contribution in [3.63, 3.8) is 0 Å². The summed E-state index contributed by atoms with van der Waals surface area (Å²) in [6, 6.07) is 2.03. The van der Waals surface area contributed by atoms with E-state index in [1.165, 1.54) is 6.07 Å². The molecular weight excluding hydrogens is 173 g/mol. The first-order valence-corrected chi connectivity index (χ1v) is 2.81. The lowest BCUT2D eigenvalue weighted by Crippen LogP contribution is -2.02. The van der Waals surface area contributed by atoms with Crippen molar-refractivity contribution in [2.24, 2.45) is 0 Å². The van der Waals surface area contributed by atoms with Gasteiger partial charge in [0.1, 0.15) is 11.6 Å². The Morgan fingerprint density at radius 2 is 2.08 bits per heavy atom. The monoisotopic (exact) mass is 176 g/mol. The third kappa shape index (κ3) is 1.34. The molecule has 0 spiro atoms. The zero-order valence-corrected chi connectivity index (χ0v) is 5.64. The Morgan fingerprint density at radius 3 is 2.33 bits per heavy atom. The van der Waals surface area contributed by atoms with E-state index >= 15 is 0 Å². The van der Waals surface area contributed by atoms with E-state index in [4.69, 9.17) is 11.0 Å². The van der Waals surface area contributed by atoms with Crippen LogP contribution in [0.1, 0.15) is 11.3 Å². The van der Waals surface area contributed by atoms with Crippen LogP contribution in [0.4, 0.5) is 19.1 Å². The van der Waals surface area contributed by atoms with E-state index in [-0.39, 0.29) is 5.56 Å². The molecule has 1 rings (SSSR count). The average molecular weight is 176 g/mol. The maximum Gasteiger partial charge on any atom is 0.449 e. The molecule has 0 radical (unpaired) electrons. The van der Waals surface area contributed by atoms with E-state index in [0.29, 0.717) is 6.07 Å². The van der Waals surface area contributed by atoms with Crippen LogP contribution in [0.25, 0.3) is 0 Å². The van der Waals surface area contributed by atoms with E-state index in [9.17, 15) is 13.2 Å². The predicted octanol–water partition coefficient (Wildman–Crippen LogP) is 1.75. The Kier molecular flexibility index (Phi) is 1.72. The standard InChI is InChI=1S/C6H3F3N2O/c7-6(8,9)4-1-3(2-10)5(11)12-4/h1H,11H2. The summed E-state index contributed by atoms with van der Waals surface area (Å²) < 4.78 is 39.7. The van der Waals surface area contributed by atoms with Crippen LogP contribution in [0, 0.1) is 11.3 Å². The number of nitriles is 1. The summed E-state index contributed by atoms with van der Waals surface area (Å²) in [5, 5.41) is 8.24. The van der Waals surface area contributed by atoms with Gasteiger partial charge in [0.2, 0.25) is 11.6 Å². The molecule has 0 saturated heterocycles. The van der Waals surface area contributed by atoms with Gasteiger partial charge in [-0.2, -0.15) is 18.4 Å². The summed E-state index contributed by atoms with van der Waals surface area (Å²) in [6.07, 6.45) is -4.59. The van der Waals surface area contributed by atoms with Crippen LogP contribution in [-0.2, 0) is 6.18 Å². The molecule has 0 unspecified atom stereocenters. The Labute approximate surface area is 65.2 Å². The second-order valence-corrected chi connectivity index (χ2v) is 2.00. The molecule has 0 aliphatic rings. The molecular formula is C6H3F3N2O. The fraction of sp³-hybridized carbons (Fsp3) is 0.167. The minimum atomic E-state index is -4.59. The van der Waals surface area contributed by atoms with Crippen LogP contribution in [0.3, 0.4) is 0 Å². The van der Waals surface area contributed by atoms with Crippen molar-refractivity contribution in [2.45, 2.75) is 6.18 Å². The molecule has 1 aromatic rings. The lowest BCUT2D eigenvalue weighted by molar-refractivity contribution is -0.152. The summed E-state index contributed by atoms with van der Waals surface area (Å²) in [5.74, 6) is -1.76. The lowest BCUT2D eigenvalue weighted by atomic mass is 10.3. The summed E-state index contributed by atoms with van der Waals surface area (Å²) >= 11 is 0. The van der Waals surface area contributed by atoms with Crippen LogP contribution in [0.15, 0.2) is 10.5 Å². The highest BCUT2D eigenvalue weighted by Gasteiger charge is 2.35. The molecule has 3 nitrogen and oxygen atoms in total. The lowest BCUT2D eigenvalue weighted by Gasteiger charge is -1.98. The van der Waals surface area contributed by atoms with Gasteiger partial charge in [0.15, 0.2) is 0 Å². The summed E-state index contributed by atoms with van der Waals surface area (Å²) in [5.41, 5.74) is 4.66. The zero-order valence-electron chi connectivity index (χ0n) is 5.64. The smallest absolute Gasteiger partial charge is 0.435 e. The highest BCUT2D eigenvalue weighted by atomic mass is 19.4. The fourth-order valence-electron chi connectivity index (χ4n) is 0.632. The Bertz CT molecular complexity index is 334. The summed E-state index contributed by atoms with van der Waals surface area (Å²) in [7, 11) is 0. The number of nitrogen functional groups attached to an aromatic ring is 1. The second-order valence-electron chi connectivity index (χ2n) is 2.00. The summed E-state index contributed by atoms with van der Waals surface area (Å²) in [6.45, 7) is 0. The third-order valence-corrected chi connectivity index (χ3v) is 1.16. The Balaban J connectivity index is 3.16. The van der Waals surface area contributed by atoms with Gasteiger partial charge in [0.05, 0.1) is 0 Å². The normalized spacial score (nSPS) is 11.2. The first-order valence-electron chi connectivity index (χ1n) is 2.81. The molecule has 12 heavy (non-hydrogen) atoms. The number of hydrogen-bond acceptors (Lipinski definition) is 3. The van der Waals surface area contributed by atoms with Gasteiger partial charge in [0.25, 0.3) is 0 Å². The van der Waals surface area contributed by atoms with Gasteiger partial charge < -0.3 is 10.2 Å². The van der Waals surface area contributed by atoms with Crippen molar-refractivity contribution in [3.8, 4) is 6.07 Å². The highest BCUT2D eigenvalue weighted by Crippen LogP contribution is 2.33. The van der Waals surface area contributed by atoms with E-state index in [1.54, 1.807) is 0 Å². The Hall–Kier alpha value is -1.64. The molecule has 0 aliphatic heterocycles. The first kappa shape index (κ1) is 8.46. The minimum Gasteiger partial charge on any atom is -0.435 e. The molecule has 0 saturated carbocycles. The predicted molar refractivity (Wildman–Crippen MR) is 32.8 cm³/mol. The van der Waals surface area contributed by atoms with Gasteiger partial charge in [-0.25, -0.2) is 0 Å². The van der Waals surface area contributed by atoms with E-state index in [1.807, 2.05) is 0 Å². The van der Waals surface area contributed by atoms with Crippen molar-refractivity contribution in [1.29, 1.82) is 5.26 Å². The molecule has 0 fully saturated rings. The first-order chi connectivity index (χ1) is 5.45. The number of anilines is 1. The van der Waals surface area contributed by atoms with Crippen molar-refractivity contribution in [2.75, 3.05) is 5.73 Å². The van der Waals surface area contributed by atoms with Gasteiger partial charge >= 0.3 is 6.18 Å². The number of nitrogens with two attached hydrogens (primary N) is 1. The molecule has 6 heteroatoms. The number of hydrogen-bond donors (Lipinski definition) is 1. The molecule has 1 aromatic heterocycles. The quantitative estimate of drug-likeness (QED) is 0.654. The van der Waals surface area contributed by atoms with E-state index < -0.39 is 17.8 Å². The molecule has 0 amide bonds. The van der Waals surface area contributed by atoms with Crippen LogP contribution < -0.4 is 5.73 Å². The molecule has 0 aromatic carbocycles. The maximum atomic E-state index is 11.9. The topological polar surface area (TPSA) is 63.0 Å². The van der Waals surface area contributed by atoms with Gasteiger partial charge in [-0.3, -0.25) is 0 Å². The van der Waals surface area contributed by atoms with E-state index in [2.05, 4.69) is 4.42 Å². The van der Waals surface area contributed by atoms with Gasteiger partial charge in [-0.1, -0.05) is 0 Å². The van der Waals surface area contributed by atoms with Crippen LogP contribution in [0.2, 0.25) is 0 Å². The third-order valence-electron chi connectivity index (χ3n) is 1.16. The van der Waals surface area contributed by atoms with Crippen molar-refractivity contribution in [1.82, 2.24) is 0 Å². The summed E-state index contributed by atoms with van der Waals surface area (Å²) in [4.78, 5) is 0. The van der Waals surface area contributed by atoms with Crippen LogP contribution in [-0.4, -0.2) is 0 Å². The molecule has 0 atom stereocenters. The molecule has 1 heterocycles. The molecule has 0 bridgehead atoms. The Morgan fingerprint density at radius 1 is 1.50 bits per heavy atom. The molecule has 0 aliphatic carbocycles. The number of nitrogens with zero attached hydrogens (tertiary/aromatic N) is 1. The second kappa shape index (κ2) is 2.44. The van der Waals surface area contributed by atoms with Crippen LogP contribution in [0.5, 0.6) is 0 Å². The number of furan rings is 1. The largest absolute Gasteiger partial charge is 0.449 e. The van der Waals surface area contributed by atoms with Crippen molar-refractivity contribution < 1.29 is 17.6 Å². The van der Waals surface area contributed by atoms with Gasteiger partial charge in [0, 0.05) is 6.07 Å². The molecule has 2 N–H and O–H groups in total. The van der Waals surface area contributed by atoms with E-state index in [0.717, 1.165) is 0 Å². The van der Waals surface area contributed by atoms with Crippen molar-refractivity contribution >= 4 is 5.88 Å². The SMILES string of the molecule is N#Cc1cc(C(F)(F)F)oc1N. The minimum absolute atomic E-state index is 0.303. The highest BCUT2D eigenvalue weighted by molar-refractivity contribution is 5.47. The van der Waals surface area contributed by atoms with Gasteiger partial charge in [-0.15, -0.1) is 0 Å². The average Bonchev–Trinajstić information content (AvgIpc) is 2.29. The number of halogens is 3. The fourth-order valence-corrected chi connectivity index (χ4v) is 0.632. The van der Waals surface area contributed by atoms with Crippen molar-refractivity contribution in [3.05, 3.63) is 17.4 Å². The molecule has 64 valence electrons. The van der Waals surface area contributed by atoms with Crippen LogP contribution >= 0.6 is 0 Å². The maximum absolute atomic E-state index is 11.9.